The minimum absolute atomic E-state index is 0.283. The number of allylic oxidation sites excluding steroid dienone is 1. The summed E-state index contributed by atoms with van der Waals surface area (Å²) in [5.41, 5.74) is 3.74. The van der Waals surface area contributed by atoms with Gasteiger partial charge in [-0.05, 0) is 42.2 Å². The molecule has 0 bridgehead atoms. The molecule has 0 aromatic heterocycles. The highest BCUT2D eigenvalue weighted by atomic mass is 16.6. The minimum atomic E-state index is -0.419. The van der Waals surface area contributed by atoms with E-state index < -0.39 is 12.2 Å². The van der Waals surface area contributed by atoms with Crippen LogP contribution in [0.15, 0.2) is 71.2 Å². The van der Waals surface area contributed by atoms with Crippen molar-refractivity contribution in [3.63, 3.8) is 0 Å². The van der Waals surface area contributed by atoms with Crippen LogP contribution in [-0.4, -0.2) is 25.5 Å². The van der Waals surface area contributed by atoms with E-state index in [1.54, 1.807) is 13.3 Å². The summed E-state index contributed by atoms with van der Waals surface area (Å²) in [5.74, 6) is 6.77. The maximum absolute atomic E-state index is 12.1. The molecule has 0 saturated carbocycles. The molecule has 1 amide bonds. The maximum Gasteiger partial charge on any atom is 0.408 e. The molecular weight excluding hydrogens is 372 g/mol. The topological polar surface area (TPSA) is 50.7 Å². The SMILES string of the molecule is CCCC(C)/C=C(\C=NC)C1OC(=O)NC1c1cccc(C#Cc2ccccc2)c1. The lowest BCUT2D eigenvalue weighted by Crippen LogP contribution is -2.25. The number of rotatable bonds is 6. The van der Waals surface area contributed by atoms with Crippen LogP contribution in [-0.2, 0) is 4.74 Å². The summed E-state index contributed by atoms with van der Waals surface area (Å²) in [4.78, 5) is 16.3. The molecule has 2 aromatic carbocycles. The zero-order valence-corrected chi connectivity index (χ0v) is 17.8. The number of ether oxygens (including phenoxy) is 1. The zero-order chi connectivity index (χ0) is 21.3. The quantitative estimate of drug-likeness (QED) is 0.528. The predicted molar refractivity (Wildman–Crippen MR) is 122 cm³/mol. The van der Waals surface area contributed by atoms with Gasteiger partial charge in [-0.3, -0.25) is 4.99 Å². The lowest BCUT2D eigenvalue weighted by Gasteiger charge is -2.19. The molecule has 2 aromatic rings. The summed E-state index contributed by atoms with van der Waals surface area (Å²) in [6.07, 6.45) is 5.30. The normalized spacial score (nSPS) is 19.7. The molecular formula is C26H28N2O2. The predicted octanol–water partition coefficient (Wildman–Crippen LogP) is 5.30. The molecule has 154 valence electrons. The Kier molecular flexibility index (Phi) is 7.45. The number of alkyl carbamates (subject to hydrolysis) is 1. The van der Waals surface area contributed by atoms with E-state index in [1.165, 1.54) is 0 Å². The van der Waals surface area contributed by atoms with Crippen LogP contribution in [0.3, 0.4) is 0 Å². The fraction of sp³-hybridized carbons (Fsp3) is 0.308. The lowest BCUT2D eigenvalue weighted by atomic mass is 9.92. The highest BCUT2D eigenvalue weighted by molar-refractivity contribution is 5.83. The molecule has 0 aliphatic carbocycles. The van der Waals surface area contributed by atoms with Gasteiger partial charge in [0.15, 0.2) is 6.10 Å². The summed E-state index contributed by atoms with van der Waals surface area (Å²) < 4.78 is 5.65. The molecule has 1 saturated heterocycles. The number of hydrogen-bond donors (Lipinski definition) is 1. The number of hydrogen-bond acceptors (Lipinski definition) is 3. The molecule has 1 aliphatic rings. The van der Waals surface area contributed by atoms with E-state index >= 15 is 0 Å². The second-order valence-corrected chi connectivity index (χ2v) is 7.51. The molecule has 3 rings (SSSR count). The van der Waals surface area contributed by atoms with E-state index in [0.717, 1.165) is 35.1 Å². The smallest absolute Gasteiger partial charge is 0.408 e. The first-order valence-electron chi connectivity index (χ1n) is 10.4. The van der Waals surface area contributed by atoms with Gasteiger partial charge >= 0.3 is 6.09 Å². The van der Waals surface area contributed by atoms with Crippen LogP contribution < -0.4 is 5.32 Å². The highest BCUT2D eigenvalue weighted by Gasteiger charge is 2.37. The van der Waals surface area contributed by atoms with Crippen LogP contribution in [0.1, 0.15) is 49.4 Å². The molecule has 4 nitrogen and oxygen atoms in total. The number of nitrogens with one attached hydrogen (secondary N) is 1. The third-order valence-corrected chi connectivity index (χ3v) is 5.01. The Labute approximate surface area is 179 Å². The summed E-state index contributed by atoms with van der Waals surface area (Å²) >= 11 is 0. The van der Waals surface area contributed by atoms with E-state index in [1.807, 2.05) is 54.6 Å². The fourth-order valence-electron chi connectivity index (χ4n) is 3.64. The number of amides is 1. The molecule has 4 heteroatoms. The Morgan fingerprint density at radius 3 is 2.63 bits per heavy atom. The Morgan fingerprint density at radius 1 is 1.17 bits per heavy atom. The van der Waals surface area contributed by atoms with Crippen molar-refractivity contribution in [1.29, 1.82) is 0 Å². The molecule has 1 fully saturated rings. The van der Waals surface area contributed by atoms with E-state index in [-0.39, 0.29) is 6.04 Å². The average molecular weight is 401 g/mol. The van der Waals surface area contributed by atoms with Gasteiger partial charge in [0.25, 0.3) is 0 Å². The van der Waals surface area contributed by atoms with E-state index in [4.69, 9.17) is 4.74 Å². The van der Waals surface area contributed by atoms with Crippen molar-refractivity contribution in [1.82, 2.24) is 5.32 Å². The Balaban J connectivity index is 1.89. The standard InChI is InChI=1S/C26H28N2O2/c1-4-9-19(2)16-23(18-27-3)25-24(28-26(29)30-25)22-13-8-12-21(17-22)15-14-20-10-6-5-7-11-20/h5-8,10-13,16-19,24-25H,4,9H2,1-3H3,(H,28,29)/b23-16+,27-18?. The largest absolute Gasteiger partial charge is 0.439 e. The van der Waals surface area contributed by atoms with Gasteiger partial charge in [-0.15, -0.1) is 0 Å². The van der Waals surface area contributed by atoms with Crippen molar-refractivity contribution in [2.75, 3.05) is 7.05 Å². The van der Waals surface area contributed by atoms with Crippen molar-refractivity contribution < 1.29 is 9.53 Å². The lowest BCUT2D eigenvalue weighted by molar-refractivity contribution is 0.151. The van der Waals surface area contributed by atoms with E-state index in [9.17, 15) is 4.79 Å². The third kappa shape index (κ3) is 5.61. The summed E-state index contributed by atoms with van der Waals surface area (Å²) in [5, 5.41) is 2.95. The number of carbonyl (C=O) groups excluding carboxylic acids is 1. The number of cyclic esters (lactones) is 1. The monoisotopic (exact) mass is 400 g/mol. The van der Waals surface area contributed by atoms with Gasteiger partial charge in [-0.25, -0.2) is 4.79 Å². The van der Waals surface area contributed by atoms with Crippen molar-refractivity contribution >= 4 is 12.3 Å². The first kappa shape index (κ1) is 21.4. The van der Waals surface area contributed by atoms with Gasteiger partial charge in [0.2, 0.25) is 0 Å². The van der Waals surface area contributed by atoms with Crippen LogP contribution in [0.5, 0.6) is 0 Å². The van der Waals surface area contributed by atoms with Crippen LogP contribution in [0.4, 0.5) is 4.79 Å². The second-order valence-electron chi connectivity index (χ2n) is 7.51. The van der Waals surface area contributed by atoms with Crippen molar-refractivity contribution in [3.05, 3.63) is 82.9 Å². The van der Waals surface area contributed by atoms with Gasteiger partial charge in [0.1, 0.15) is 0 Å². The Bertz CT molecular complexity index is 983. The first-order valence-corrected chi connectivity index (χ1v) is 10.4. The zero-order valence-electron chi connectivity index (χ0n) is 17.8. The minimum Gasteiger partial charge on any atom is -0.439 e. The van der Waals surface area contributed by atoms with Crippen LogP contribution >= 0.6 is 0 Å². The first-order chi connectivity index (χ1) is 14.6. The van der Waals surface area contributed by atoms with Gasteiger partial charge in [0.05, 0.1) is 6.04 Å². The average Bonchev–Trinajstić information content (AvgIpc) is 3.15. The van der Waals surface area contributed by atoms with Crippen molar-refractivity contribution in [2.45, 2.75) is 38.8 Å². The van der Waals surface area contributed by atoms with Gasteiger partial charge < -0.3 is 10.1 Å². The number of benzene rings is 2. The van der Waals surface area contributed by atoms with Crippen LogP contribution in [0, 0.1) is 17.8 Å². The van der Waals surface area contributed by atoms with Crippen molar-refractivity contribution in [3.8, 4) is 11.8 Å². The number of aliphatic imine (C=N–C) groups is 1. The number of nitrogens with zero attached hydrogens (tertiary/aromatic N) is 1. The molecule has 1 heterocycles. The van der Waals surface area contributed by atoms with Gasteiger partial charge in [0, 0.05) is 30.0 Å². The van der Waals surface area contributed by atoms with Crippen LogP contribution in [0.25, 0.3) is 0 Å². The molecule has 3 unspecified atom stereocenters. The third-order valence-electron chi connectivity index (χ3n) is 5.01. The molecule has 0 spiro atoms. The fourth-order valence-corrected chi connectivity index (χ4v) is 3.64. The molecule has 1 N–H and O–H groups in total. The molecule has 3 atom stereocenters. The summed E-state index contributed by atoms with van der Waals surface area (Å²) in [6.45, 7) is 4.34. The summed E-state index contributed by atoms with van der Waals surface area (Å²) in [7, 11) is 1.73. The highest BCUT2D eigenvalue weighted by Crippen LogP contribution is 2.30. The van der Waals surface area contributed by atoms with E-state index in [2.05, 4.69) is 42.1 Å². The van der Waals surface area contributed by atoms with Crippen LogP contribution in [0.2, 0.25) is 0 Å². The van der Waals surface area contributed by atoms with Gasteiger partial charge in [-0.1, -0.05) is 68.5 Å². The maximum atomic E-state index is 12.1. The molecule has 1 aliphatic heterocycles. The second kappa shape index (κ2) is 10.5. The molecule has 0 radical (unpaired) electrons. The van der Waals surface area contributed by atoms with E-state index in [0.29, 0.717) is 5.92 Å². The Morgan fingerprint density at radius 2 is 1.90 bits per heavy atom. The van der Waals surface area contributed by atoms with Crippen molar-refractivity contribution in [2.24, 2.45) is 10.9 Å². The van der Waals surface area contributed by atoms with Gasteiger partial charge in [-0.2, -0.15) is 0 Å². The Hall–Kier alpha value is -3.32. The molecule has 30 heavy (non-hydrogen) atoms. The summed E-state index contributed by atoms with van der Waals surface area (Å²) in [6, 6.07) is 17.5. The number of carbonyl (C=O) groups is 1.